The fraction of sp³-hybridized carbons (Fsp3) is 0. The lowest BCUT2D eigenvalue weighted by atomic mass is 10.2. The molecule has 0 saturated heterocycles. The highest BCUT2D eigenvalue weighted by atomic mass is 15.0. The Morgan fingerprint density at radius 2 is 0.778 bits per heavy atom. The highest BCUT2D eigenvalue weighted by molar-refractivity contribution is 6.13. The van der Waals surface area contributed by atoms with Gasteiger partial charge in [-0.2, -0.15) is 0 Å². The Hall–Kier alpha value is -4.96. The first-order chi connectivity index (χ1) is 17.9. The summed E-state index contributed by atoms with van der Waals surface area (Å²) in [5.74, 6) is 0. The van der Waals surface area contributed by atoms with Gasteiger partial charge < -0.3 is 9.13 Å². The Balaban J connectivity index is 1.53. The third-order valence-corrected chi connectivity index (χ3v) is 7.07. The van der Waals surface area contributed by atoms with Crippen LogP contribution < -0.4 is 0 Å². The van der Waals surface area contributed by atoms with Gasteiger partial charge in [0.15, 0.2) is 0 Å². The minimum absolute atomic E-state index is 0.894. The van der Waals surface area contributed by atoms with Crippen LogP contribution in [0.25, 0.3) is 66.3 Å². The lowest BCUT2D eigenvalue weighted by Crippen LogP contribution is -1.95. The van der Waals surface area contributed by atoms with Crippen LogP contribution in [0.2, 0.25) is 0 Å². The molecule has 36 heavy (non-hydrogen) atoms. The maximum Gasteiger partial charge on any atom is 0.0972 e. The minimum atomic E-state index is 0.894. The number of aromatic nitrogens is 4. The van der Waals surface area contributed by atoms with E-state index in [2.05, 4.69) is 118 Å². The van der Waals surface area contributed by atoms with Crippen LogP contribution in [0.5, 0.6) is 0 Å². The van der Waals surface area contributed by atoms with Crippen LogP contribution in [0.15, 0.2) is 121 Å². The molecular formula is C32H20N4. The van der Waals surface area contributed by atoms with E-state index in [1.165, 1.54) is 0 Å². The van der Waals surface area contributed by atoms with E-state index in [1.54, 1.807) is 0 Å². The van der Waals surface area contributed by atoms with Gasteiger partial charge in [0, 0.05) is 22.1 Å². The van der Waals surface area contributed by atoms with Gasteiger partial charge in [0.25, 0.3) is 0 Å². The van der Waals surface area contributed by atoms with E-state index in [1.807, 2.05) is 12.1 Å². The van der Waals surface area contributed by atoms with E-state index >= 15 is 0 Å². The van der Waals surface area contributed by atoms with Gasteiger partial charge >= 0.3 is 0 Å². The third kappa shape index (κ3) is 2.64. The number of rotatable bonds is 2. The molecule has 0 amide bonds. The average molecular weight is 461 g/mol. The molecule has 0 aliphatic rings. The highest BCUT2D eigenvalue weighted by Gasteiger charge is 2.18. The molecule has 8 rings (SSSR count). The van der Waals surface area contributed by atoms with Gasteiger partial charge in [-0.3, -0.25) is 0 Å². The van der Waals surface area contributed by atoms with E-state index < -0.39 is 0 Å². The summed E-state index contributed by atoms with van der Waals surface area (Å²) < 4.78 is 4.58. The summed E-state index contributed by atoms with van der Waals surface area (Å²) in [4.78, 5) is 10.4. The van der Waals surface area contributed by atoms with Gasteiger partial charge in [0.05, 0.1) is 44.1 Å². The summed E-state index contributed by atoms with van der Waals surface area (Å²) in [5, 5.41) is 2.28. The molecule has 0 atom stereocenters. The second-order valence-corrected chi connectivity index (χ2v) is 9.13. The first-order valence-corrected chi connectivity index (χ1v) is 12.1. The zero-order valence-electron chi connectivity index (χ0n) is 19.3. The molecule has 8 aromatic rings. The monoisotopic (exact) mass is 460 g/mol. The molecule has 0 unspecified atom stereocenters. The molecule has 0 fully saturated rings. The number of para-hydroxylation sites is 4. The van der Waals surface area contributed by atoms with Crippen molar-refractivity contribution in [2.24, 2.45) is 0 Å². The summed E-state index contributed by atoms with van der Waals surface area (Å²) in [5.41, 5.74) is 10.4. The molecule has 4 aromatic heterocycles. The standard InChI is InChI=1S/C32H20N4/c1-3-11-21(12-4-1)35-27-17-9-7-15-23(27)31-29(35)19-25-26(33-31)20-30-32(34-25)24-16-8-10-18-28(24)36(30)22-13-5-2-6-14-22/h1-20H. The summed E-state index contributed by atoms with van der Waals surface area (Å²) in [6.45, 7) is 0. The van der Waals surface area contributed by atoms with Crippen molar-refractivity contribution in [2.75, 3.05) is 0 Å². The Morgan fingerprint density at radius 1 is 0.389 bits per heavy atom. The number of hydrogen-bond donors (Lipinski definition) is 0. The number of pyridine rings is 2. The molecule has 4 heterocycles. The Bertz CT molecular complexity index is 1930. The van der Waals surface area contributed by atoms with Gasteiger partial charge in [-0.15, -0.1) is 0 Å². The van der Waals surface area contributed by atoms with Crippen molar-refractivity contribution in [3.63, 3.8) is 0 Å². The molecule has 4 heteroatoms. The number of hydrogen-bond acceptors (Lipinski definition) is 2. The van der Waals surface area contributed by atoms with E-state index in [0.717, 1.165) is 66.3 Å². The van der Waals surface area contributed by atoms with E-state index in [4.69, 9.17) is 9.97 Å². The average Bonchev–Trinajstić information content (AvgIpc) is 3.43. The fourth-order valence-electron chi connectivity index (χ4n) is 5.52. The first-order valence-electron chi connectivity index (χ1n) is 12.1. The van der Waals surface area contributed by atoms with Crippen molar-refractivity contribution < 1.29 is 0 Å². The van der Waals surface area contributed by atoms with Gasteiger partial charge in [-0.05, 0) is 48.5 Å². The van der Waals surface area contributed by atoms with E-state index in [-0.39, 0.29) is 0 Å². The number of fused-ring (bicyclic) bond motifs is 7. The topological polar surface area (TPSA) is 35.6 Å². The predicted octanol–water partition coefficient (Wildman–Crippen LogP) is 7.82. The van der Waals surface area contributed by atoms with Crippen LogP contribution in [0.4, 0.5) is 0 Å². The van der Waals surface area contributed by atoms with Gasteiger partial charge in [0.2, 0.25) is 0 Å². The zero-order chi connectivity index (χ0) is 23.6. The van der Waals surface area contributed by atoms with Gasteiger partial charge in [-0.1, -0.05) is 72.8 Å². The molecule has 0 spiro atoms. The quantitative estimate of drug-likeness (QED) is 0.264. The highest BCUT2D eigenvalue weighted by Crippen LogP contribution is 2.36. The van der Waals surface area contributed by atoms with E-state index in [9.17, 15) is 0 Å². The second-order valence-electron chi connectivity index (χ2n) is 9.13. The lowest BCUT2D eigenvalue weighted by Gasteiger charge is -2.09. The maximum atomic E-state index is 5.21. The lowest BCUT2D eigenvalue weighted by molar-refractivity contribution is 1.17. The maximum absolute atomic E-state index is 5.21. The van der Waals surface area contributed by atoms with Crippen molar-refractivity contribution in [3.8, 4) is 11.4 Å². The SMILES string of the molecule is c1ccc(-n2c3ccccc3c3nc4cc5c(nc4cc32)c2ccccc2n5-c2ccccc2)cc1. The predicted molar refractivity (Wildman–Crippen MR) is 148 cm³/mol. The van der Waals surface area contributed by atoms with Crippen LogP contribution in [0.3, 0.4) is 0 Å². The Kier molecular flexibility index (Phi) is 3.91. The molecule has 0 saturated carbocycles. The largest absolute Gasteiger partial charge is 0.308 e. The molecular weight excluding hydrogens is 440 g/mol. The fourth-order valence-corrected chi connectivity index (χ4v) is 5.52. The van der Waals surface area contributed by atoms with Crippen molar-refractivity contribution >= 4 is 54.9 Å². The smallest absolute Gasteiger partial charge is 0.0972 e. The summed E-state index contributed by atoms with van der Waals surface area (Å²) in [6.07, 6.45) is 0. The number of benzene rings is 4. The summed E-state index contributed by atoms with van der Waals surface area (Å²) in [7, 11) is 0. The van der Waals surface area contributed by atoms with Crippen LogP contribution in [-0.2, 0) is 0 Å². The summed E-state index contributed by atoms with van der Waals surface area (Å²) >= 11 is 0. The van der Waals surface area contributed by atoms with Crippen LogP contribution in [0.1, 0.15) is 0 Å². The molecule has 0 aliphatic carbocycles. The van der Waals surface area contributed by atoms with Crippen molar-refractivity contribution in [1.82, 2.24) is 19.1 Å². The summed E-state index contributed by atoms with van der Waals surface area (Å²) in [6, 6.07) is 42.3. The second kappa shape index (κ2) is 7.27. The third-order valence-electron chi connectivity index (χ3n) is 7.07. The van der Waals surface area contributed by atoms with Crippen molar-refractivity contribution in [2.45, 2.75) is 0 Å². The number of nitrogens with zero attached hydrogens (tertiary/aromatic N) is 4. The molecule has 0 N–H and O–H groups in total. The molecule has 0 aliphatic heterocycles. The minimum Gasteiger partial charge on any atom is -0.308 e. The normalized spacial score (nSPS) is 11.9. The van der Waals surface area contributed by atoms with Gasteiger partial charge in [0.1, 0.15) is 0 Å². The Morgan fingerprint density at radius 3 is 1.22 bits per heavy atom. The van der Waals surface area contributed by atoms with E-state index in [0.29, 0.717) is 0 Å². The van der Waals surface area contributed by atoms with Crippen molar-refractivity contribution in [1.29, 1.82) is 0 Å². The molecule has 4 aromatic carbocycles. The molecule has 168 valence electrons. The first kappa shape index (κ1) is 19.4. The molecule has 0 radical (unpaired) electrons. The van der Waals surface area contributed by atoms with Crippen LogP contribution in [-0.4, -0.2) is 19.1 Å². The van der Waals surface area contributed by atoms with Crippen LogP contribution >= 0.6 is 0 Å². The van der Waals surface area contributed by atoms with Crippen LogP contribution in [0, 0.1) is 0 Å². The molecule has 0 bridgehead atoms. The van der Waals surface area contributed by atoms with Crippen molar-refractivity contribution in [3.05, 3.63) is 121 Å². The molecule has 4 nitrogen and oxygen atoms in total. The zero-order valence-corrected chi connectivity index (χ0v) is 19.3. The van der Waals surface area contributed by atoms with Gasteiger partial charge in [-0.25, -0.2) is 9.97 Å². The Labute approximate surface area is 206 Å².